The molecule has 30 heavy (non-hydrogen) atoms. The number of ether oxygens (including phenoxy) is 1. The lowest BCUT2D eigenvalue weighted by molar-refractivity contribution is 0.113. The Labute approximate surface area is 184 Å². The molecule has 6 heteroatoms. The summed E-state index contributed by atoms with van der Waals surface area (Å²) in [4.78, 5) is 4.11. The predicted octanol–water partition coefficient (Wildman–Crippen LogP) is 5.00. The molecular formula is C24H30FN3OS. The van der Waals surface area contributed by atoms with Gasteiger partial charge in [-0.3, -0.25) is 0 Å². The molecule has 0 bridgehead atoms. The second kappa shape index (κ2) is 11.1. The van der Waals surface area contributed by atoms with Gasteiger partial charge in [0, 0.05) is 18.8 Å². The number of hydrogen-bond acceptors (Lipinski definition) is 3. The smallest absolute Gasteiger partial charge is 0.205 e. The molecule has 0 aliphatic carbocycles. The molecule has 1 heterocycles. The fraction of sp³-hybridized carbons (Fsp3) is 0.375. The van der Waals surface area contributed by atoms with E-state index in [0.717, 1.165) is 54.9 Å². The van der Waals surface area contributed by atoms with Crippen LogP contribution in [0.5, 0.6) is 5.75 Å². The van der Waals surface area contributed by atoms with Crippen molar-refractivity contribution in [3.8, 4) is 5.75 Å². The van der Waals surface area contributed by atoms with Crippen molar-refractivity contribution in [1.29, 1.82) is 0 Å². The van der Waals surface area contributed by atoms with Crippen LogP contribution in [0.15, 0.2) is 61.2 Å². The zero-order valence-electron chi connectivity index (χ0n) is 17.6. The Morgan fingerprint density at radius 1 is 1.23 bits per heavy atom. The SMILES string of the molecule is C=CCN(C)CCCCOc1ccc2c(c1)CCN2C(=S)N(F)Cc1ccccc1. The molecule has 2 aromatic carbocycles. The maximum absolute atomic E-state index is 14.7. The Hall–Kier alpha value is -2.44. The first-order valence-corrected chi connectivity index (χ1v) is 10.8. The van der Waals surface area contributed by atoms with Gasteiger partial charge in [-0.1, -0.05) is 40.9 Å². The lowest BCUT2D eigenvalue weighted by Crippen LogP contribution is -2.37. The van der Waals surface area contributed by atoms with E-state index in [4.69, 9.17) is 17.0 Å². The van der Waals surface area contributed by atoms with E-state index in [1.165, 1.54) is 0 Å². The maximum atomic E-state index is 14.7. The topological polar surface area (TPSA) is 19.0 Å². The number of thiocarbonyl (C=S) groups is 1. The highest BCUT2D eigenvalue weighted by molar-refractivity contribution is 7.80. The van der Waals surface area contributed by atoms with Crippen LogP contribution in [0.4, 0.5) is 10.2 Å². The lowest BCUT2D eigenvalue weighted by atomic mass is 10.1. The Balaban J connectivity index is 1.50. The van der Waals surface area contributed by atoms with Gasteiger partial charge in [-0.25, -0.2) is 0 Å². The van der Waals surface area contributed by atoms with Gasteiger partial charge in [0.15, 0.2) is 0 Å². The number of nitrogens with zero attached hydrogens (tertiary/aromatic N) is 3. The van der Waals surface area contributed by atoms with Crippen LogP contribution in [0.1, 0.15) is 24.0 Å². The van der Waals surface area contributed by atoms with Crippen molar-refractivity contribution in [2.24, 2.45) is 0 Å². The molecule has 0 saturated heterocycles. The van der Waals surface area contributed by atoms with Crippen LogP contribution in [0.3, 0.4) is 0 Å². The molecule has 0 amide bonds. The number of anilines is 1. The first-order chi connectivity index (χ1) is 14.6. The molecule has 160 valence electrons. The van der Waals surface area contributed by atoms with Crippen molar-refractivity contribution in [1.82, 2.24) is 10.0 Å². The first kappa shape index (κ1) is 22.2. The van der Waals surface area contributed by atoms with Crippen LogP contribution in [-0.2, 0) is 13.0 Å². The van der Waals surface area contributed by atoms with E-state index < -0.39 is 0 Å². The number of rotatable bonds is 10. The summed E-state index contributed by atoms with van der Waals surface area (Å²) in [5.41, 5.74) is 3.00. The highest BCUT2D eigenvalue weighted by atomic mass is 32.1. The summed E-state index contributed by atoms with van der Waals surface area (Å²) in [7, 11) is 2.09. The van der Waals surface area contributed by atoms with Gasteiger partial charge in [-0.15, -0.1) is 6.58 Å². The minimum Gasteiger partial charge on any atom is -0.494 e. The van der Waals surface area contributed by atoms with E-state index in [2.05, 4.69) is 24.6 Å². The van der Waals surface area contributed by atoms with Crippen LogP contribution < -0.4 is 9.64 Å². The van der Waals surface area contributed by atoms with E-state index >= 15 is 0 Å². The summed E-state index contributed by atoms with van der Waals surface area (Å²) in [6.07, 6.45) is 4.84. The summed E-state index contributed by atoms with van der Waals surface area (Å²) >= 11 is 5.42. The number of fused-ring (bicyclic) bond motifs is 1. The van der Waals surface area contributed by atoms with Crippen molar-refractivity contribution in [3.63, 3.8) is 0 Å². The summed E-state index contributed by atoms with van der Waals surface area (Å²) in [6, 6.07) is 15.5. The highest BCUT2D eigenvalue weighted by Crippen LogP contribution is 2.32. The van der Waals surface area contributed by atoms with Gasteiger partial charge in [0.05, 0.1) is 13.2 Å². The van der Waals surface area contributed by atoms with E-state index in [0.29, 0.717) is 18.3 Å². The standard InChI is InChI=1S/C24H30FN3OS/c1-3-14-26(2)15-7-8-17-29-22-11-12-23-21(18-22)13-16-27(23)24(30)28(25)19-20-9-5-4-6-10-20/h3-6,9-12,18H,1,7-8,13-17,19H2,2H3. The van der Waals surface area contributed by atoms with Crippen molar-refractivity contribution < 1.29 is 9.22 Å². The zero-order chi connectivity index (χ0) is 21.3. The quantitative estimate of drug-likeness (QED) is 0.229. The number of halogens is 1. The third kappa shape index (κ3) is 6.03. The largest absolute Gasteiger partial charge is 0.494 e. The first-order valence-electron chi connectivity index (χ1n) is 10.4. The van der Waals surface area contributed by atoms with Crippen molar-refractivity contribution in [3.05, 3.63) is 72.3 Å². The summed E-state index contributed by atoms with van der Waals surface area (Å²) in [6.45, 7) is 7.22. The third-order valence-corrected chi connectivity index (χ3v) is 5.61. The second-order valence-electron chi connectivity index (χ2n) is 7.59. The molecule has 0 N–H and O–H groups in total. The average molecular weight is 428 g/mol. The number of benzene rings is 2. The molecule has 0 saturated carbocycles. The Morgan fingerprint density at radius 2 is 2.03 bits per heavy atom. The molecular weight excluding hydrogens is 397 g/mol. The molecule has 1 aliphatic rings. The van der Waals surface area contributed by atoms with Gasteiger partial charge in [-0.2, -0.15) is 5.12 Å². The minimum absolute atomic E-state index is 0.148. The molecule has 0 unspecified atom stereocenters. The van der Waals surface area contributed by atoms with E-state index in [9.17, 15) is 4.48 Å². The molecule has 4 nitrogen and oxygen atoms in total. The van der Waals surface area contributed by atoms with Crippen LogP contribution in [0.2, 0.25) is 0 Å². The van der Waals surface area contributed by atoms with Crippen LogP contribution in [-0.4, -0.2) is 48.4 Å². The Morgan fingerprint density at radius 3 is 2.80 bits per heavy atom. The van der Waals surface area contributed by atoms with Crippen LogP contribution in [0.25, 0.3) is 0 Å². The molecule has 2 aromatic rings. The van der Waals surface area contributed by atoms with Crippen LogP contribution in [0, 0.1) is 0 Å². The monoisotopic (exact) mass is 427 g/mol. The van der Waals surface area contributed by atoms with E-state index in [-0.39, 0.29) is 11.7 Å². The molecule has 0 fully saturated rings. The Kier molecular flexibility index (Phi) is 8.22. The lowest BCUT2D eigenvalue weighted by Gasteiger charge is -2.25. The number of likely N-dealkylation sites (N-methyl/N-ethyl adjacent to an activating group) is 1. The van der Waals surface area contributed by atoms with Gasteiger partial charge >= 0.3 is 0 Å². The van der Waals surface area contributed by atoms with E-state index in [1.54, 1.807) is 0 Å². The van der Waals surface area contributed by atoms with Gasteiger partial charge in [-0.05, 0) is 74.4 Å². The zero-order valence-corrected chi connectivity index (χ0v) is 18.4. The second-order valence-corrected chi connectivity index (χ2v) is 7.95. The van der Waals surface area contributed by atoms with Gasteiger partial charge < -0.3 is 14.5 Å². The highest BCUT2D eigenvalue weighted by Gasteiger charge is 2.26. The van der Waals surface area contributed by atoms with Gasteiger partial charge in [0.25, 0.3) is 0 Å². The minimum atomic E-state index is 0.148. The molecule has 3 rings (SSSR count). The molecule has 0 radical (unpaired) electrons. The van der Waals surface area contributed by atoms with Crippen molar-refractivity contribution in [2.75, 3.05) is 38.2 Å². The molecule has 1 aliphatic heterocycles. The van der Waals surface area contributed by atoms with E-state index in [1.807, 2.05) is 53.4 Å². The van der Waals surface area contributed by atoms with Crippen molar-refractivity contribution in [2.45, 2.75) is 25.8 Å². The molecule has 0 spiro atoms. The summed E-state index contributed by atoms with van der Waals surface area (Å²) in [5, 5.41) is 0.850. The average Bonchev–Trinajstić information content (AvgIpc) is 3.17. The fourth-order valence-electron chi connectivity index (χ4n) is 3.59. The van der Waals surface area contributed by atoms with Gasteiger partial charge in [0.1, 0.15) is 5.75 Å². The normalized spacial score (nSPS) is 12.7. The summed E-state index contributed by atoms with van der Waals surface area (Å²) in [5.74, 6) is 0.863. The van der Waals surface area contributed by atoms with Crippen molar-refractivity contribution >= 4 is 23.0 Å². The molecule has 0 atom stereocenters. The predicted molar refractivity (Wildman–Crippen MR) is 126 cm³/mol. The third-order valence-electron chi connectivity index (χ3n) is 5.19. The summed E-state index contributed by atoms with van der Waals surface area (Å²) < 4.78 is 20.6. The molecule has 0 aromatic heterocycles. The number of unbranched alkanes of at least 4 members (excludes halogenated alkanes) is 1. The fourth-order valence-corrected chi connectivity index (χ4v) is 3.85. The Bertz CT molecular complexity index is 846. The maximum Gasteiger partial charge on any atom is 0.205 e. The van der Waals surface area contributed by atoms with Gasteiger partial charge in [0.2, 0.25) is 5.11 Å². The van der Waals surface area contributed by atoms with Crippen LogP contribution >= 0.6 is 12.2 Å². The number of hydrogen-bond donors (Lipinski definition) is 0.